The highest BCUT2D eigenvalue weighted by atomic mass is 16.5. The molecule has 1 fully saturated rings. The van der Waals surface area contributed by atoms with E-state index in [2.05, 4.69) is 32.7 Å². The third-order valence-electron chi connectivity index (χ3n) is 4.25. The average molecular weight is 279 g/mol. The van der Waals surface area contributed by atoms with Crippen LogP contribution in [0, 0.1) is 12.3 Å². The highest BCUT2D eigenvalue weighted by Gasteiger charge is 2.31. The summed E-state index contributed by atoms with van der Waals surface area (Å²) in [5.74, 6) is 2.03. The van der Waals surface area contributed by atoms with Crippen molar-refractivity contribution in [3.8, 4) is 0 Å². The van der Waals surface area contributed by atoms with E-state index in [4.69, 9.17) is 4.52 Å². The van der Waals surface area contributed by atoms with Crippen LogP contribution in [0.1, 0.15) is 50.7 Å². The Hall–Kier alpha value is -1.59. The maximum absolute atomic E-state index is 5.07. The molecule has 0 bridgehead atoms. The van der Waals surface area contributed by atoms with Crippen LogP contribution in [-0.4, -0.2) is 29.7 Å². The van der Waals surface area contributed by atoms with Crippen molar-refractivity contribution in [2.75, 3.05) is 13.6 Å². The van der Waals surface area contributed by atoms with Gasteiger partial charge in [0.1, 0.15) is 0 Å². The van der Waals surface area contributed by atoms with E-state index in [-0.39, 0.29) is 0 Å². The van der Waals surface area contributed by atoms with Gasteiger partial charge >= 0.3 is 0 Å². The van der Waals surface area contributed by atoms with Gasteiger partial charge in [0.05, 0.1) is 6.54 Å². The van der Waals surface area contributed by atoms with Crippen molar-refractivity contribution in [2.45, 2.75) is 52.5 Å². The number of hydrogen-bond acceptors (Lipinski definition) is 4. The van der Waals surface area contributed by atoms with Crippen LogP contribution in [0.15, 0.2) is 9.52 Å². The Morgan fingerprint density at radius 2 is 2.10 bits per heavy atom. The molecule has 0 aromatic carbocycles. The van der Waals surface area contributed by atoms with Gasteiger partial charge in [-0.2, -0.15) is 4.98 Å². The fourth-order valence-corrected chi connectivity index (χ4v) is 2.84. The summed E-state index contributed by atoms with van der Waals surface area (Å²) >= 11 is 0. The summed E-state index contributed by atoms with van der Waals surface area (Å²) in [6.07, 6.45) is 6.55. The largest absolute Gasteiger partial charge is 0.356 e. The monoisotopic (exact) mass is 279 g/mol. The highest BCUT2D eigenvalue weighted by molar-refractivity contribution is 5.79. The summed E-state index contributed by atoms with van der Waals surface area (Å²) in [7, 11) is 1.78. The molecule has 0 amide bonds. The minimum atomic E-state index is 0.443. The predicted molar refractivity (Wildman–Crippen MR) is 78.4 cm³/mol. The lowest BCUT2D eigenvalue weighted by molar-refractivity contribution is 0.283. The van der Waals surface area contributed by atoms with Crippen molar-refractivity contribution in [1.29, 1.82) is 0 Å². The molecule has 6 nitrogen and oxygen atoms in total. The zero-order valence-electron chi connectivity index (χ0n) is 12.7. The van der Waals surface area contributed by atoms with Gasteiger partial charge in [-0.05, 0) is 31.6 Å². The molecule has 0 unspecified atom stereocenters. The van der Waals surface area contributed by atoms with Crippen LogP contribution in [0.4, 0.5) is 0 Å². The Morgan fingerprint density at radius 3 is 2.65 bits per heavy atom. The maximum atomic E-state index is 5.07. The van der Waals surface area contributed by atoms with Crippen molar-refractivity contribution in [1.82, 2.24) is 20.8 Å². The van der Waals surface area contributed by atoms with Crippen molar-refractivity contribution >= 4 is 5.96 Å². The molecule has 1 aliphatic carbocycles. The van der Waals surface area contributed by atoms with Gasteiger partial charge in [-0.1, -0.05) is 24.9 Å². The summed E-state index contributed by atoms with van der Waals surface area (Å²) in [5, 5.41) is 10.4. The van der Waals surface area contributed by atoms with Gasteiger partial charge in [0.15, 0.2) is 11.8 Å². The number of hydrogen-bond donors (Lipinski definition) is 2. The van der Waals surface area contributed by atoms with Crippen LogP contribution in [0.2, 0.25) is 0 Å². The Balaban J connectivity index is 1.80. The third kappa shape index (κ3) is 3.71. The first-order chi connectivity index (χ1) is 9.67. The molecule has 112 valence electrons. The average Bonchev–Trinajstić information content (AvgIpc) is 3.09. The standard InChI is InChI=1S/C14H25N5O/c1-4-14(7-5-6-8-14)10-17-13(15-3)16-9-12-18-11(2)19-20-12/h4-10H2,1-3H3,(H2,15,16,17). The van der Waals surface area contributed by atoms with Crippen molar-refractivity contribution < 1.29 is 4.52 Å². The summed E-state index contributed by atoms with van der Waals surface area (Å²) < 4.78 is 5.07. The molecule has 0 spiro atoms. The molecular formula is C14H25N5O. The van der Waals surface area contributed by atoms with Crippen LogP contribution in [0.25, 0.3) is 0 Å². The molecule has 6 heteroatoms. The van der Waals surface area contributed by atoms with Gasteiger partial charge in [0.25, 0.3) is 0 Å². The van der Waals surface area contributed by atoms with Crippen molar-refractivity contribution in [3.05, 3.63) is 11.7 Å². The number of nitrogens with one attached hydrogen (secondary N) is 2. The van der Waals surface area contributed by atoms with Crippen LogP contribution >= 0.6 is 0 Å². The lowest BCUT2D eigenvalue weighted by Crippen LogP contribution is -2.42. The molecule has 2 rings (SSSR count). The van der Waals surface area contributed by atoms with Crippen LogP contribution in [0.3, 0.4) is 0 Å². The van der Waals surface area contributed by atoms with E-state index >= 15 is 0 Å². The number of aromatic nitrogens is 2. The SMILES string of the molecule is CCC1(CNC(=NC)NCc2nc(C)no2)CCCC1. The van der Waals surface area contributed by atoms with E-state index in [1.165, 1.54) is 32.1 Å². The Labute approximate surface area is 120 Å². The summed E-state index contributed by atoms with van der Waals surface area (Å²) in [4.78, 5) is 8.40. The number of rotatable bonds is 5. The highest BCUT2D eigenvalue weighted by Crippen LogP contribution is 2.40. The maximum Gasteiger partial charge on any atom is 0.246 e. The van der Waals surface area contributed by atoms with E-state index in [0.717, 1.165) is 12.5 Å². The molecule has 1 aromatic heterocycles. The quantitative estimate of drug-likeness (QED) is 0.637. The Kier molecular flexibility index (Phi) is 4.98. The second-order valence-electron chi connectivity index (χ2n) is 5.58. The third-order valence-corrected chi connectivity index (χ3v) is 4.25. The fourth-order valence-electron chi connectivity index (χ4n) is 2.84. The first-order valence-corrected chi connectivity index (χ1v) is 7.41. The van der Waals surface area contributed by atoms with E-state index in [0.29, 0.717) is 23.7 Å². The van der Waals surface area contributed by atoms with Crippen LogP contribution in [0.5, 0.6) is 0 Å². The summed E-state index contributed by atoms with van der Waals surface area (Å²) in [6, 6.07) is 0. The molecule has 1 aromatic rings. The molecular weight excluding hydrogens is 254 g/mol. The van der Waals surface area contributed by atoms with Crippen molar-refractivity contribution in [2.24, 2.45) is 10.4 Å². The summed E-state index contributed by atoms with van der Waals surface area (Å²) in [6.45, 7) is 5.57. The van der Waals surface area contributed by atoms with Gasteiger partial charge in [-0.15, -0.1) is 0 Å². The predicted octanol–water partition coefficient (Wildman–Crippen LogP) is 2.01. The van der Waals surface area contributed by atoms with Gasteiger partial charge in [-0.3, -0.25) is 4.99 Å². The molecule has 20 heavy (non-hydrogen) atoms. The molecule has 0 atom stereocenters. The molecule has 1 aliphatic rings. The van der Waals surface area contributed by atoms with Crippen LogP contribution < -0.4 is 10.6 Å². The molecule has 0 aliphatic heterocycles. The fraction of sp³-hybridized carbons (Fsp3) is 0.786. The number of nitrogens with zero attached hydrogens (tertiary/aromatic N) is 3. The zero-order valence-corrected chi connectivity index (χ0v) is 12.7. The molecule has 1 saturated carbocycles. The lowest BCUT2D eigenvalue weighted by Gasteiger charge is -2.28. The smallest absolute Gasteiger partial charge is 0.246 e. The van der Waals surface area contributed by atoms with E-state index in [9.17, 15) is 0 Å². The summed E-state index contributed by atoms with van der Waals surface area (Å²) in [5.41, 5.74) is 0.443. The lowest BCUT2D eigenvalue weighted by atomic mass is 9.83. The zero-order chi connectivity index (χ0) is 14.4. The van der Waals surface area contributed by atoms with Gasteiger partial charge in [0, 0.05) is 13.6 Å². The molecule has 1 heterocycles. The first kappa shape index (κ1) is 14.8. The molecule has 0 saturated heterocycles. The van der Waals surface area contributed by atoms with Crippen LogP contribution in [-0.2, 0) is 6.54 Å². The minimum absolute atomic E-state index is 0.443. The molecule has 0 radical (unpaired) electrons. The number of aryl methyl sites for hydroxylation is 1. The van der Waals surface area contributed by atoms with Gasteiger partial charge < -0.3 is 15.2 Å². The van der Waals surface area contributed by atoms with Gasteiger partial charge in [-0.25, -0.2) is 0 Å². The molecule has 2 N–H and O–H groups in total. The number of guanidine groups is 1. The topological polar surface area (TPSA) is 75.3 Å². The van der Waals surface area contributed by atoms with E-state index in [1.807, 2.05) is 6.92 Å². The second-order valence-corrected chi connectivity index (χ2v) is 5.58. The van der Waals surface area contributed by atoms with E-state index < -0.39 is 0 Å². The van der Waals surface area contributed by atoms with Gasteiger partial charge in [0.2, 0.25) is 5.89 Å². The Bertz CT molecular complexity index is 448. The normalized spacial score (nSPS) is 18.2. The van der Waals surface area contributed by atoms with Crippen molar-refractivity contribution in [3.63, 3.8) is 0 Å². The second kappa shape index (κ2) is 6.72. The minimum Gasteiger partial charge on any atom is -0.356 e. The number of aliphatic imine (C=N–C) groups is 1. The Morgan fingerprint density at radius 1 is 1.35 bits per heavy atom. The first-order valence-electron chi connectivity index (χ1n) is 7.41. The van der Waals surface area contributed by atoms with E-state index in [1.54, 1.807) is 7.05 Å².